The minimum absolute atomic E-state index is 0. The number of nitrogens with one attached hydrogen (secondary N) is 2. The van der Waals surface area contributed by atoms with Crippen LogP contribution in [0.3, 0.4) is 0 Å². The summed E-state index contributed by atoms with van der Waals surface area (Å²) in [4.78, 5) is 12.1. The Bertz CT molecular complexity index is 657. The van der Waals surface area contributed by atoms with Gasteiger partial charge in [0.25, 0.3) is 5.91 Å². The van der Waals surface area contributed by atoms with E-state index in [0.29, 0.717) is 6.04 Å². The van der Waals surface area contributed by atoms with E-state index < -0.39 is 0 Å². The van der Waals surface area contributed by atoms with Crippen LogP contribution in [0.2, 0.25) is 0 Å². The summed E-state index contributed by atoms with van der Waals surface area (Å²) in [6.45, 7) is 3.19. The van der Waals surface area contributed by atoms with Crippen molar-refractivity contribution >= 4 is 29.1 Å². The number of hydrogen-bond acceptors (Lipinski definition) is 3. The molecule has 0 saturated carbocycles. The lowest BCUT2D eigenvalue weighted by Gasteiger charge is -2.30. The molecule has 23 heavy (non-hydrogen) atoms. The molecular formula is C18H23ClN2O2. The molecule has 0 radical (unpaired) electrons. The van der Waals surface area contributed by atoms with Crippen molar-refractivity contribution in [3.05, 3.63) is 42.5 Å². The third-order valence-electron chi connectivity index (χ3n) is 4.22. The van der Waals surface area contributed by atoms with E-state index >= 15 is 0 Å². The predicted octanol–water partition coefficient (Wildman–Crippen LogP) is 2.90. The van der Waals surface area contributed by atoms with E-state index in [0.717, 1.165) is 35.9 Å². The molecule has 0 aromatic heterocycles. The van der Waals surface area contributed by atoms with Crippen molar-refractivity contribution in [3.8, 4) is 5.75 Å². The van der Waals surface area contributed by atoms with E-state index in [2.05, 4.69) is 17.6 Å². The monoisotopic (exact) mass is 334 g/mol. The molecule has 2 N–H and O–H groups in total. The quantitative estimate of drug-likeness (QED) is 0.904. The van der Waals surface area contributed by atoms with Crippen LogP contribution >= 0.6 is 12.4 Å². The molecule has 4 nitrogen and oxygen atoms in total. The van der Waals surface area contributed by atoms with Crippen LogP contribution in [0.5, 0.6) is 5.75 Å². The number of fused-ring (bicyclic) bond motifs is 1. The third-order valence-corrected chi connectivity index (χ3v) is 4.22. The van der Waals surface area contributed by atoms with Gasteiger partial charge in [-0.1, -0.05) is 36.4 Å². The number of piperidine rings is 1. The molecule has 2 unspecified atom stereocenters. The summed E-state index contributed by atoms with van der Waals surface area (Å²) in [6.07, 6.45) is 2.12. The highest BCUT2D eigenvalue weighted by Crippen LogP contribution is 2.24. The van der Waals surface area contributed by atoms with Crippen molar-refractivity contribution in [2.24, 2.45) is 0 Å². The normalized spacial score (nSPS) is 20.6. The number of benzene rings is 2. The van der Waals surface area contributed by atoms with Crippen LogP contribution in [0.15, 0.2) is 42.5 Å². The number of carbonyl (C=O) groups excluding carboxylic acids is 1. The van der Waals surface area contributed by atoms with Crippen LogP contribution in [-0.2, 0) is 4.79 Å². The van der Waals surface area contributed by atoms with Crippen LogP contribution in [0.1, 0.15) is 19.8 Å². The Morgan fingerprint density at radius 2 is 2.04 bits per heavy atom. The number of amides is 1. The Kier molecular flexibility index (Phi) is 6.25. The van der Waals surface area contributed by atoms with Gasteiger partial charge in [-0.2, -0.15) is 0 Å². The molecule has 2 aromatic carbocycles. The van der Waals surface area contributed by atoms with E-state index in [1.54, 1.807) is 0 Å². The van der Waals surface area contributed by atoms with Crippen molar-refractivity contribution in [2.75, 3.05) is 13.2 Å². The lowest BCUT2D eigenvalue weighted by molar-refractivity contribution is -0.124. The first-order valence-electron chi connectivity index (χ1n) is 7.87. The summed E-state index contributed by atoms with van der Waals surface area (Å²) in [5.41, 5.74) is 0. The Morgan fingerprint density at radius 1 is 1.26 bits per heavy atom. The maximum absolute atomic E-state index is 12.1. The van der Waals surface area contributed by atoms with Gasteiger partial charge in [-0.15, -0.1) is 12.4 Å². The van der Waals surface area contributed by atoms with Gasteiger partial charge in [0.1, 0.15) is 5.75 Å². The van der Waals surface area contributed by atoms with Gasteiger partial charge in [0.2, 0.25) is 0 Å². The van der Waals surface area contributed by atoms with Gasteiger partial charge in [0, 0.05) is 17.5 Å². The molecule has 5 heteroatoms. The van der Waals surface area contributed by atoms with Crippen LogP contribution in [0, 0.1) is 0 Å². The SMILES string of the molecule is CC1NCCCC1NC(=O)COc1cccc2ccccc12.Cl. The summed E-state index contributed by atoms with van der Waals surface area (Å²) < 4.78 is 5.73. The molecule has 1 fully saturated rings. The first-order chi connectivity index (χ1) is 10.7. The molecule has 1 saturated heterocycles. The zero-order valence-corrected chi connectivity index (χ0v) is 14.1. The van der Waals surface area contributed by atoms with Crippen molar-refractivity contribution in [3.63, 3.8) is 0 Å². The number of carbonyl (C=O) groups is 1. The van der Waals surface area contributed by atoms with Gasteiger partial charge >= 0.3 is 0 Å². The smallest absolute Gasteiger partial charge is 0.258 e. The van der Waals surface area contributed by atoms with E-state index in [-0.39, 0.29) is 31.0 Å². The molecule has 1 amide bonds. The van der Waals surface area contributed by atoms with E-state index in [1.165, 1.54) is 0 Å². The van der Waals surface area contributed by atoms with Crippen LogP contribution in [-0.4, -0.2) is 31.1 Å². The molecule has 3 rings (SSSR count). The van der Waals surface area contributed by atoms with Gasteiger partial charge in [0.15, 0.2) is 6.61 Å². The van der Waals surface area contributed by atoms with Crippen molar-refractivity contribution in [2.45, 2.75) is 31.8 Å². The zero-order chi connectivity index (χ0) is 15.4. The lowest BCUT2D eigenvalue weighted by Crippen LogP contribution is -2.52. The lowest BCUT2D eigenvalue weighted by atomic mass is 10.00. The van der Waals surface area contributed by atoms with E-state index in [9.17, 15) is 4.79 Å². The average Bonchev–Trinajstić information content (AvgIpc) is 2.55. The number of halogens is 1. The average molecular weight is 335 g/mol. The van der Waals surface area contributed by atoms with Gasteiger partial charge in [-0.25, -0.2) is 0 Å². The minimum atomic E-state index is -0.0616. The third kappa shape index (κ3) is 4.36. The maximum Gasteiger partial charge on any atom is 0.258 e. The second-order valence-corrected chi connectivity index (χ2v) is 5.82. The first kappa shape index (κ1) is 17.6. The summed E-state index contributed by atoms with van der Waals surface area (Å²) in [5.74, 6) is 0.691. The van der Waals surface area contributed by atoms with Gasteiger partial charge in [0.05, 0.1) is 0 Å². The molecule has 124 valence electrons. The fraction of sp³-hybridized carbons (Fsp3) is 0.389. The second-order valence-electron chi connectivity index (χ2n) is 5.82. The number of hydrogen-bond donors (Lipinski definition) is 2. The summed E-state index contributed by atoms with van der Waals surface area (Å²) in [5, 5.41) is 8.59. The molecule has 1 aliphatic rings. The fourth-order valence-electron chi connectivity index (χ4n) is 2.95. The standard InChI is InChI=1S/C18H22N2O2.ClH/c1-13-16(9-5-11-19-13)20-18(21)12-22-17-10-4-7-14-6-2-3-8-15(14)17;/h2-4,6-8,10,13,16,19H,5,9,11-12H2,1H3,(H,20,21);1H. The number of rotatable bonds is 4. The van der Waals surface area contributed by atoms with Crippen LogP contribution in [0.4, 0.5) is 0 Å². The topological polar surface area (TPSA) is 50.4 Å². The number of ether oxygens (including phenoxy) is 1. The molecule has 0 aliphatic carbocycles. The summed E-state index contributed by atoms with van der Waals surface area (Å²) >= 11 is 0. The second kappa shape index (κ2) is 8.18. The van der Waals surface area contributed by atoms with Crippen molar-refractivity contribution < 1.29 is 9.53 Å². The Hall–Kier alpha value is -1.78. The van der Waals surface area contributed by atoms with Crippen molar-refractivity contribution in [1.29, 1.82) is 0 Å². The highest BCUT2D eigenvalue weighted by Gasteiger charge is 2.22. The maximum atomic E-state index is 12.1. The van der Waals surface area contributed by atoms with Gasteiger partial charge in [-0.3, -0.25) is 4.79 Å². The molecule has 0 spiro atoms. The van der Waals surface area contributed by atoms with Gasteiger partial charge < -0.3 is 15.4 Å². The predicted molar refractivity (Wildman–Crippen MR) is 95.3 cm³/mol. The van der Waals surface area contributed by atoms with Gasteiger partial charge in [-0.05, 0) is 37.8 Å². The Morgan fingerprint density at radius 3 is 2.87 bits per heavy atom. The molecule has 1 heterocycles. The zero-order valence-electron chi connectivity index (χ0n) is 13.2. The molecule has 1 aliphatic heterocycles. The van der Waals surface area contributed by atoms with Crippen molar-refractivity contribution in [1.82, 2.24) is 10.6 Å². The largest absolute Gasteiger partial charge is 0.483 e. The molecule has 2 atom stereocenters. The molecule has 2 aromatic rings. The minimum Gasteiger partial charge on any atom is -0.483 e. The highest BCUT2D eigenvalue weighted by molar-refractivity contribution is 5.88. The fourth-order valence-corrected chi connectivity index (χ4v) is 2.95. The first-order valence-corrected chi connectivity index (χ1v) is 7.87. The van der Waals surface area contributed by atoms with Crippen LogP contribution < -0.4 is 15.4 Å². The van der Waals surface area contributed by atoms with Crippen LogP contribution in [0.25, 0.3) is 10.8 Å². The summed E-state index contributed by atoms with van der Waals surface area (Å²) in [7, 11) is 0. The molecule has 0 bridgehead atoms. The Balaban J connectivity index is 0.00000192. The van der Waals surface area contributed by atoms with E-state index in [4.69, 9.17) is 4.74 Å². The summed E-state index contributed by atoms with van der Waals surface area (Å²) in [6, 6.07) is 14.4. The Labute approximate surface area is 143 Å². The van der Waals surface area contributed by atoms with E-state index in [1.807, 2.05) is 42.5 Å². The highest BCUT2D eigenvalue weighted by atomic mass is 35.5. The molecular weight excluding hydrogens is 312 g/mol.